The molecule has 3 aromatic heterocycles. The number of pyridine rings is 3. The van der Waals surface area contributed by atoms with Crippen LogP contribution in [-0.2, 0) is 0 Å². The van der Waals surface area contributed by atoms with Gasteiger partial charge in [-0.25, -0.2) is 0 Å². The highest BCUT2D eigenvalue weighted by atomic mass is 14.7. The van der Waals surface area contributed by atoms with E-state index in [2.05, 4.69) is 56.5 Å². The molecular weight excluding hydrogens is 426 g/mol. The molecule has 3 aromatic rings. The topological polar surface area (TPSA) is 38.7 Å². The first-order valence-electron chi connectivity index (χ1n) is 12.6. The number of hydrogen-bond donors (Lipinski definition) is 0. The fourth-order valence-electron chi connectivity index (χ4n) is 2.18. The third-order valence-corrected chi connectivity index (χ3v) is 3.93. The van der Waals surface area contributed by atoms with E-state index in [0.29, 0.717) is 17.8 Å². The Hall–Kier alpha value is -2.55. The number of nitrogens with zero attached hydrogens (tertiary/aromatic N) is 3. The van der Waals surface area contributed by atoms with Crippen molar-refractivity contribution < 1.29 is 0 Å². The van der Waals surface area contributed by atoms with Crippen molar-refractivity contribution in [1.82, 2.24) is 15.0 Å². The average molecular weight is 486 g/mol. The molecule has 0 unspecified atom stereocenters. The monoisotopic (exact) mass is 485 g/mol. The summed E-state index contributed by atoms with van der Waals surface area (Å²) in [5.74, 6) is 1.71. The van der Waals surface area contributed by atoms with Crippen LogP contribution in [-0.4, -0.2) is 15.0 Å². The molecule has 35 heavy (non-hydrogen) atoms. The zero-order valence-electron chi connectivity index (χ0n) is 23.5. The predicted molar refractivity (Wildman–Crippen MR) is 162 cm³/mol. The Labute approximate surface area is 220 Å². The van der Waals surface area contributed by atoms with E-state index in [1.54, 1.807) is 0 Å². The standard InChI is InChI=1S/3C8H11N.3C2H6.2CH4/c1-7(2)8-3-5-9-6-4-8;2*1-7(2)8-5-3-4-6-9-8;3*1-2;;/h3*3-7H,1-2H3;3*1-2H3;2*1H4. The minimum absolute atomic E-state index is 0. The van der Waals surface area contributed by atoms with Gasteiger partial charge >= 0.3 is 0 Å². The molecule has 0 bridgehead atoms. The maximum absolute atomic E-state index is 4.18. The van der Waals surface area contributed by atoms with Gasteiger partial charge in [0.05, 0.1) is 0 Å². The van der Waals surface area contributed by atoms with Crippen molar-refractivity contribution in [2.24, 2.45) is 0 Å². The first kappa shape index (κ1) is 42.6. The van der Waals surface area contributed by atoms with Gasteiger partial charge < -0.3 is 0 Å². The van der Waals surface area contributed by atoms with Crippen molar-refractivity contribution >= 4 is 0 Å². The van der Waals surface area contributed by atoms with Gasteiger partial charge in [0.1, 0.15) is 0 Å². The molecule has 3 nitrogen and oxygen atoms in total. The summed E-state index contributed by atoms with van der Waals surface area (Å²) in [7, 11) is 0. The Morgan fingerprint density at radius 2 is 0.800 bits per heavy atom. The Morgan fingerprint density at radius 1 is 0.457 bits per heavy atom. The number of hydrogen-bond acceptors (Lipinski definition) is 3. The number of aromatic nitrogens is 3. The minimum atomic E-state index is 0. The van der Waals surface area contributed by atoms with E-state index >= 15 is 0 Å². The Bertz CT molecular complexity index is 606. The van der Waals surface area contributed by atoms with Crippen LogP contribution in [0.1, 0.15) is 133 Å². The molecule has 0 atom stereocenters. The normalized spacial score (nSPS) is 8.31. The van der Waals surface area contributed by atoms with Crippen molar-refractivity contribution in [3.8, 4) is 0 Å². The first-order valence-corrected chi connectivity index (χ1v) is 12.6. The molecule has 0 saturated carbocycles. The van der Waals surface area contributed by atoms with Crippen LogP contribution in [0.25, 0.3) is 0 Å². The van der Waals surface area contributed by atoms with Crippen molar-refractivity contribution in [1.29, 1.82) is 0 Å². The molecule has 0 aliphatic heterocycles. The summed E-state index contributed by atoms with van der Waals surface area (Å²) in [5, 5.41) is 0. The maximum Gasteiger partial charge on any atom is 0.0428 e. The molecule has 0 N–H and O–H groups in total. The van der Waals surface area contributed by atoms with E-state index in [4.69, 9.17) is 0 Å². The molecule has 3 heteroatoms. The van der Waals surface area contributed by atoms with Crippen LogP contribution in [0.15, 0.2) is 73.3 Å². The second-order valence-electron chi connectivity index (χ2n) is 7.25. The van der Waals surface area contributed by atoms with Gasteiger partial charge in [-0.2, -0.15) is 0 Å². The van der Waals surface area contributed by atoms with Crippen LogP contribution in [0.5, 0.6) is 0 Å². The molecule has 0 spiro atoms. The lowest BCUT2D eigenvalue weighted by Crippen LogP contribution is -1.88. The lowest BCUT2D eigenvalue weighted by atomic mass is 10.1. The lowest BCUT2D eigenvalue weighted by Gasteiger charge is -2.01. The summed E-state index contributed by atoms with van der Waals surface area (Å²) in [6.45, 7) is 24.9. The molecule has 0 saturated heterocycles. The Balaban J connectivity index is -0.000000113. The summed E-state index contributed by atoms with van der Waals surface area (Å²) < 4.78 is 0. The number of rotatable bonds is 3. The van der Waals surface area contributed by atoms with Gasteiger partial charge in [0.25, 0.3) is 0 Å². The molecule has 0 fully saturated rings. The van der Waals surface area contributed by atoms with Gasteiger partial charge in [-0.1, -0.05) is 110 Å². The van der Waals surface area contributed by atoms with Gasteiger partial charge in [-0.3, -0.25) is 15.0 Å². The van der Waals surface area contributed by atoms with Crippen LogP contribution >= 0.6 is 0 Å². The van der Waals surface area contributed by atoms with Crippen molar-refractivity contribution in [2.45, 2.75) is 116 Å². The lowest BCUT2D eigenvalue weighted by molar-refractivity contribution is 0.823. The summed E-state index contributed by atoms with van der Waals surface area (Å²) in [6.07, 6.45) is 7.31. The van der Waals surface area contributed by atoms with Crippen LogP contribution in [0.4, 0.5) is 0 Å². The molecule has 0 radical (unpaired) electrons. The summed E-state index contributed by atoms with van der Waals surface area (Å²) in [4.78, 5) is 12.3. The summed E-state index contributed by atoms with van der Waals surface area (Å²) in [5.41, 5.74) is 3.68. The molecule has 0 aromatic carbocycles. The molecule has 0 aliphatic carbocycles. The average Bonchev–Trinajstić information content (AvgIpc) is 2.90. The third kappa shape index (κ3) is 24.4. The quantitative estimate of drug-likeness (QED) is 0.370. The van der Waals surface area contributed by atoms with Gasteiger partial charge in [0.15, 0.2) is 0 Å². The smallest absolute Gasteiger partial charge is 0.0428 e. The van der Waals surface area contributed by atoms with Gasteiger partial charge in [0.2, 0.25) is 0 Å². The molecule has 3 heterocycles. The van der Waals surface area contributed by atoms with Gasteiger partial charge in [-0.05, 0) is 59.7 Å². The van der Waals surface area contributed by atoms with Gasteiger partial charge in [-0.15, -0.1) is 0 Å². The fourth-order valence-corrected chi connectivity index (χ4v) is 2.18. The highest BCUT2D eigenvalue weighted by Crippen LogP contribution is 2.11. The Morgan fingerprint density at radius 3 is 0.971 bits per heavy atom. The third-order valence-electron chi connectivity index (χ3n) is 3.93. The highest BCUT2D eigenvalue weighted by Gasteiger charge is 1.96. The summed E-state index contributed by atoms with van der Waals surface area (Å²) in [6, 6.07) is 16.1. The molecule has 0 aliphatic rings. The van der Waals surface area contributed by atoms with Crippen LogP contribution < -0.4 is 0 Å². The molecule has 202 valence electrons. The highest BCUT2D eigenvalue weighted by molar-refractivity contribution is 5.13. The van der Waals surface area contributed by atoms with Crippen LogP contribution in [0, 0.1) is 0 Å². The Kier molecular flexibility index (Phi) is 38.3. The van der Waals surface area contributed by atoms with E-state index in [9.17, 15) is 0 Å². The molecule has 3 rings (SSSR count). The fraction of sp³-hybridized carbons (Fsp3) is 0.531. The SMILES string of the molecule is C.C.CC.CC.CC.CC(C)c1ccccn1.CC(C)c1ccccn1.CC(C)c1ccncc1. The van der Waals surface area contributed by atoms with E-state index in [1.165, 1.54) is 5.56 Å². The van der Waals surface area contributed by atoms with Crippen LogP contribution in [0.3, 0.4) is 0 Å². The zero-order chi connectivity index (χ0) is 26.1. The second kappa shape index (κ2) is 31.5. The maximum atomic E-state index is 4.18. The molecular formula is C32H59N3. The minimum Gasteiger partial charge on any atom is -0.265 e. The largest absolute Gasteiger partial charge is 0.265 e. The van der Waals surface area contributed by atoms with E-state index in [1.807, 2.05) is 115 Å². The van der Waals surface area contributed by atoms with E-state index in [0.717, 1.165) is 11.4 Å². The van der Waals surface area contributed by atoms with Gasteiger partial charge in [0, 0.05) is 36.2 Å². The molecule has 0 amide bonds. The summed E-state index contributed by atoms with van der Waals surface area (Å²) >= 11 is 0. The van der Waals surface area contributed by atoms with E-state index in [-0.39, 0.29) is 14.9 Å². The van der Waals surface area contributed by atoms with Crippen molar-refractivity contribution in [2.75, 3.05) is 0 Å². The predicted octanol–water partition coefficient (Wildman–Crippen LogP) is 11.0. The van der Waals surface area contributed by atoms with Crippen molar-refractivity contribution in [3.05, 3.63) is 90.3 Å². The van der Waals surface area contributed by atoms with E-state index < -0.39 is 0 Å². The first-order chi connectivity index (χ1) is 15.9. The van der Waals surface area contributed by atoms with Crippen molar-refractivity contribution in [3.63, 3.8) is 0 Å². The second-order valence-corrected chi connectivity index (χ2v) is 7.25. The van der Waals surface area contributed by atoms with Crippen LogP contribution in [0.2, 0.25) is 0 Å². The zero-order valence-corrected chi connectivity index (χ0v) is 23.5.